The van der Waals surface area contributed by atoms with Gasteiger partial charge in [0.2, 0.25) is 0 Å². The quantitative estimate of drug-likeness (QED) is 0.772. The molecule has 7 heteroatoms. The van der Waals surface area contributed by atoms with Crippen molar-refractivity contribution in [3.05, 3.63) is 29.6 Å². The number of morpholine rings is 1. The Bertz CT molecular complexity index is 526. The molecule has 0 spiro atoms. The van der Waals surface area contributed by atoms with Crippen LogP contribution in [0.5, 0.6) is 0 Å². The highest BCUT2D eigenvalue weighted by atomic mass is 19.1. The third-order valence-corrected chi connectivity index (χ3v) is 2.38. The molecule has 94 valence electrons. The Morgan fingerprint density at radius 3 is 2.44 bits per heavy atom. The Morgan fingerprint density at radius 1 is 1.28 bits per heavy atom. The van der Waals surface area contributed by atoms with Gasteiger partial charge in [-0.2, -0.15) is 0 Å². The number of carbonyl (C=O) groups is 3. The summed E-state index contributed by atoms with van der Waals surface area (Å²) in [6, 6.07) is 2.89. The highest BCUT2D eigenvalue weighted by Crippen LogP contribution is 2.23. The molecule has 1 fully saturated rings. The lowest BCUT2D eigenvalue weighted by Gasteiger charge is -2.25. The van der Waals surface area contributed by atoms with Crippen LogP contribution in [0.15, 0.2) is 18.2 Å². The number of aromatic carboxylic acids is 1. The van der Waals surface area contributed by atoms with E-state index < -0.39 is 23.6 Å². The Kier molecular flexibility index (Phi) is 3.07. The molecule has 0 radical (unpaired) electrons. The molecular weight excluding hydrogens is 245 g/mol. The first-order valence-electron chi connectivity index (χ1n) is 4.97. The highest BCUT2D eigenvalue weighted by molar-refractivity contribution is 6.17. The SMILES string of the molecule is O=C(O)c1ccc(F)c(N2C(=O)COCC2=O)c1. The fourth-order valence-electron chi connectivity index (χ4n) is 1.58. The van der Waals surface area contributed by atoms with Crippen molar-refractivity contribution >= 4 is 23.5 Å². The van der Waals surface area contributed by atoms with Crippen LogP contribution >= 0.6 is 0 Å². The van der Waals surface area contributed by atoms with E-state index in [0.29, 0.717) is 4.90 Å². The number of nitrogens with zero attached hydrogens (tertiary/aromatic N) is 1. The Labute approximate surface area is 101 Å². The maximum absolute atomic E-state index is 13.6. The average molecular weight is 253 g/mol. The van der Waals surface area contributed by atoms with Gasteiger partial charge in [0.15, 0.2) is 0 Å². The predicted molar refractivity (Wildman–Crippen MR) is 56.7 cm³/mol. The van der Waals surface area contributed by atoms with Gasteiger partial charge >= 0.3 is 5.97 Å². The number of imide groups is 1. The molecule has 1 aromatic carbocycles. The third kappa shape index (κ3) is 2.07. The second-order valence-corrected chi connectivity index (χ2v) is 3.59. The van der Waals surface area contributed by atoms with E-state index in [0.717, 1.165) is 18.2 Å². The molecule has 1 saturated heterocycles. The van der Waals surface area contributed by atoms with Gasteiger partial charge in [0.05, 0.1) is 11.3 Å². The van der Waals surface area contributed by atoms with Crippen molar-refractivity contribution in [2.45, 2.75) is 0 Å². The summed E-state index contributed by atoms with van der Waals surface area (Å²) in [5.74, 6) is -3.58. The number of halogens is 1. The second-order valence-electron chi connectivity index (χ2n) is 3.59. The first-order valence-corrected chi connectivity index (χ1v) is 4.97. The van der Waals surface area contributed by atoms with Crippen molar-refractivity contribution in [3.8, 4) is 0 Å². The van der Waals surface area contributed by atoms with Crippen LogP contribution in [-0.2, 0) is 14.3 Å². The number of rotatable bonds is 2. The van der Waals surface area contributed by atoms with Crippen LogP contribution in [0, 0.1) is 5.82 Å². The monoisotopic (exact) mass is 253 g/mol. The number of amides is 2. The van der Waals surface area contributed by atoms with Gasteiger partial charge in [-0.25, -0.2) is 14.1 Å². The van der Waals surface area contributed by atoms with Crippen molar-refractivity contribution in [3.63, 3.8) is 0 Å². The molecular formula is C11H8FNO5. The van der Waals surface area contributed by atoms with Crippen LogP contribution in [0.4, 0.5) is 10.1 Å². The lowest BCUT2D eigenvalue weighted by atomic mass is 10.1. The van der Waals surface area contributed by atoms with Crippen LogP contribution in [0.2, 0.25) is 0 Å². The summed E-state index contributed by atoms with van der Waals surface area (Å²) >= 11 is 0. The Balaban J connectivity index is 2.48. The van der Waals surface area contributed by atoms with Crippen LogP contribution in [0.1, 0.15) is 10.4 Å². The van der Waals surface area contributed by atoms with E-state index in [2.05, 4.69) is 4.74 Å². The number of carboxylic acids is 1. The minimum absolute atomic E-state index is 0.210. The summed E-state index contributed by atoms with van der Waals surface area (Å²) in [7, 11) is 0. The molecule has 0 bridgehead atoms. The number of hydrogen-bond acceptors (Lipinski definition) is 4. The molecule has 6 nitrogen and oxygen atoms in total. The molecule has 0 atom stereocenters. The molecule has 0 saturated carbocycles. The van der Waals surface area contributed by atoms with E-state index in [9.17, 15) is 18.8 Å². The van der Waals surface area contributed by atoms with E-state index in [1.807, 2.05) is 0 Å². The van der Waals surface area contributed by atoms with Gasteiger partial charge in [0.25, 0.3) is 11.8 Å². The summed E-state index contributed by atoms with van der Waals surface area (Å²) in [6.07, 6.45) is 0. The minimum atomic E-state index is -1.27. The van der Waals surface area contributed by atoms with E-state index in [-0.39, 0.29) is 24.5 Å². The fraction of sp³-hybridized carbons (Fsp3) is 0.182. The van der Waals surface area contributed by atoms with Crippen molar-refractivity contribution in [1.82, 2.24) is 0 Å². The number of ether oxygens (including phenoxy) is 1. The van der Waals surface area contributed by atoms with E-state index in [1.54, 1.807) is 0 Å². The minimum Gasteiger partial charge on any atom is -0.478 e. The van der Waals surface area contributed by atoms with Crippen molar-refractivity contribution in [2.24, 2.45) is 0 Å². The molecule has 1 aliphatic heterocycles. The summed E-state index contributed by atoms with van der Waals surface area (Å²) in [6.45, 7) is -0.690. The van der Waals surface area contributed by atoms with Gasteiger partial charge in [-0.1, -0.05) is 0 Å². The summed E-state index contributed by atoms with van der Waals surface area (Å²) in [4.78, 5) is 34.4. The molecule has 1 heterocycles. The first kappa shape index (κ1) is 12.2. The third-order valence-electron chi connectivity index (χ3n) is 2.38. The van der Waals surface area contributed by atoms with Crippen LogP contribution < -0.4 is 4.90 Å². The number of carbonyl (C=O) groups excluding carboxylic acids is 2. The highest BCUT2D eigenvalue weighted by Gasteiger charge is 2.30. The van der Waals surface area contributed by atoms with Gasteiger partial charge in [-0.15, -0.1) is 0 Å². The number of anilines is 1. The zero-order chi connectivity index (χ0) is 13.3. The molecule has 0 aliphatic carbocycles. The van der Waals surface area contributed by atoms with Crippen molar-refractivity contribution in [1.29, 1.82) is 0 Å². The van der Waals surface area contributed by atoms with Gasteiger partial charge < -0.3 is 9.84 Å². The predicted octanol–water partition coefficient (Wildman–Crippen LogP) is 0.414. The molecule has 2 rings (SSSR count). The molecule has 1 aromatic rings. The van der Waals surface area contributed by atoms with Crippen LogP contribution in [0.3, 0.4) is 0 Å². The zero-order valence-electron chi connectivity index (χ0n) is 9.05. The van der Waals surface area contributed by atoms with Crippen LogP contribution in [0.25, 0.3) is 0 Å². The first-order chi connectivity index (χ1) is 8.50. The summed E-state index contributed by atoms with van der Waals surface area (Å²) in [5.41, 5.74) is -0.577. The zero-order valence-corrected chi connectivity index (χ0v) is 9.05. The molecule has 1 aliphatic rings. The Morgan fingerprint density at radius 2 is 1.89 bits per heavy atom. The lowest BCUT2D eigenvalue weighted by molar-refractivity contribution is -0.138. The molecule has 18 heavy (non-hydrogen) atoms. The smallest absolute Gasteiger partial charge is 0.335 e. The number of carboxylic acid groups (broad SMARTS) is 1. The summed E-state index contributed by atoms with van der Waals surface area (Å²) < 4.78 is 18.3. The van der Waals surface area contributed by atoms with Gasteiger partial charge in [-0.05, 0) is 18.2 Å². The maximum atomic E-state index is 13.6. The van der Waals surface area contributed by atoms with Crippen molar-refractivity contribution in [2.75, 3.05) is 18.1 Å². The largest absolute Gasteiger partial charge is 0.478 e. The van der Waals surface area contributed by atoms with Gasteiger partial charge in [0.1, 0.15) is 19.0 Å². The van der Waals surface area contributed by atoms with Gasteiger partial charge in [0, 0.05) is 0 Å². The standard InChI is InChI=1S/C11H8FNO5/c12-7-2-1-6(11(16)17)3-8(7)13-9(14)4-18-5-10(13)15/h1-3H,4-5H2,(H,16,17). The normalized spacial score (nSPS) is 15.9. The van der Waals surface area contributed by atoms with E-state index >= 15 is 0 Å². The van der Waals surface area contributed by atoms with Gasteiger partial charge in [-0.3, -0.25) is 9.59 Å². The maximum Gasteiger partial charge on any atom is 0.335 e. The molecule has 0 aromatic heterocycles. The topological polar surface area (TPSA) is 83.9 Å². The molecule has 2 amide bonds. The summed E-state index contributed by atoms with van der Waals surface area (Å²) in [5, 5.41) is 8.79. The average Bonchev–Trinajstić information content (AvgIpc) is 2.30. The fourth-order valence-corrected chi connectivity index (χ4v) is 1.58. The van der Waals surface area contributed by atoms with Crippen molar-refractivity contribution < 1.29 is 28.6 Å². The Hall–Kier alpha value is -2.28. The molecule has 0 unspecified atom stereocenters. The molecule has 1 N–H and O–H groups in total. The lowest BCUT2D eigenvalue weighted by Crippen LogP contribution is -2.46. The van der Waals surface area contributed by atoms with E-state index in [1.165, 1.54) is 0 Å². The second kappa shape index (κ2) is 4.53. The van der Waals surface area contributed by atoms with Crippen LogP contribution in [-0.4, -0.2) is 36.1 Å². The van der Waals surface area contributed by atoms with E-state index in [4.69, 9.17) is 5.11 Å². The number of hydrogen-bond donors (Lipinski definition) is 1. The number of benzene rings is 1.